The second-order valence-corrected chi connectivity index (χ2v) is 7.60. The van der Waals surface area contributed by atoms with Gasteiger partial charge in [0.2, 0.25) is 0 Å². The van der Waals surface area contributed by atoms with Gasteiger partial charge in [-0.15, -0.1) is 0 Å². The minimum absolute atomic E-state index is 0.126. The van der Waals surface area contributed by atoms with Gasteiger partial charge in [-0.3, -0.25) is 0 Å². The number of carbonyl (C=O) groups excluding carboxylic acids is 1. The van der Waals surface area contributed by atoms with Crippen molar-refractivity contribution >= 4 is 22.0 Å². The molecule has 1 aromatic carbocycles. The summed E-state index contributed by atoms with van der Waals surface area (Å²) in [6, 6.07) is 4.99. The summed E-state index contributed by atoms with van der Waals surface area (Å²) in [5.74, 6) is -0.305. The summed E-state index contributed by atoms with van der Waals surface area (Å²) in [5, 5.41) is 0. The van der Waals surface area contributed by atoms with Gasteiger partial charge in [0.05, 0.1) is 6.54 Å². The van der Waals surface area contributed by atoms with Crippen LogP contribution in [0.4, 0.5) is 9.18 Å². The molecule has 1 fully saturated rings. The summed E-state index contributed by atoms with van der Waals surface area (Å²) < 4.78 is 20.3. The molecule has 22 heavy (non-hydrogen) atoms. The molecule has 0 heterocycles. The Labute approximate surface area is 140 Å². The van der Waals surface area contributed by atoms with E-state index < -0.39 is 5.60 Å². The largest absolute Gasteiger partial charge is 0.444 e. The third-order valence-electron chi connectivity index (χ3n) is 3.78. The van der Waals surface area contributed by atoms with Crippen molar-refractivity contribution in [1.29, 1.82) is 0 Å². The van der Waals surface area contributed by atoms with Crippen LogP contribution in [0.1, 0.15) is 52.0 Å². The highest BCUT2D eigenvalue weighted by Gasteiger charge is 2.31. The quantitative estimate of drug-likeness (QED) is 0.724. The lowest BCUT2D eigenvalue weighted by Crippen LogP contribution is -2.42. The minimum atomic E-state index is -0.555. The molecule has 5 heteroatoms. The van der Waals surface area contributed by atoms with Gasteiger partial charge in [0.25, 0.3) is 0 Å². The third kappa shape index (κ3) is 4.45. The van der Waals surface area contributed by atoms with E-state index in [-0.39, 0.29) is 24.5 Å². The smallest absolute Gasteiger partial charge is 0.410 e. The molecule has 0 unspecified atom stereocenters. The first-order valence-corrected chi connectivity index (χ1v) is 8.50. The van der Waals surface area contributed by atoms with E-state index in [9.17, 15) is 9.18 Å². The molecule has 0 spiro atoms. The topological polar surface area (TPSA) is 29.5 Å². The van der Waals surface area contributed by atoms with Gasteiger partial charge in [0, 0.05) is 16.1 Å². The molecular weight excluding hydrogens is 349 g/mol. The summed E-state index contributed by atoms with van der Waals surface area (Å²) in [7, 11) is 0. The first kappa shape index (κ1) is 17.3. The molecule has 0 aromatic heterocycles. The van der Waals surface area contributed by atoms with Gasteiger partial charge in [-0.2, -0.15) is 0 Å². The average Bonchev–Trinajstić information content (AvgIpc) is 2.89. The molecule has 2 rings (SSSR count). The zero-order chi connectivity index (χ0) is 16.3. The van der Waals surface area contributed by atoms with Crippen molar-refractivity contribution in [3.8, 4) is 0 Å². The second-order valence-electron chi connectivity index (χ2n) is 6.75. The zero-order valence-corrected chi connectivity index (χ0v) is 15.0. The molecule has 0 atom stereocenters. The second kappa shape index (κ2) is 6.99. The first-order valence-electron chi connectivity index (χ1n) is 7.70. The maximum Gasteiger partial charge on any atom is 0.410 e. The van der Waals surface area contributed by atoms with Crippen LogP contribution in [0.5, 0.6) is 0 Å². The molecule has 1 aliphatic rings. The maximum atomic E-state index is 14.1. The van der Waals surface area contributed by atoms with Crippen LogP contribution in [-0.2, 0) is 11.3 Å². The van der Waals surface area contributed by atoms with Crippen LogP contribution < -0.4 is 0 Å². The van der Waals surface area contributed by atoms with Gasteiger partial charge in [0.15, 0.2) is 0 Å². The number of benzene rings is 1. The van der Waals surface area contributed by atoms with Gasteiger partial charge in [0.1, 0.15) is 11.4 Å². The molecule has 0 N–H and O–H groups in total. The number of rotatable bonds is 3. The Bertz CT molecular complexity index is 516. The van der Waals surface area contributed by atoms with Crippen LogP contribution in [0.3, 0.4) is 0 Å². The maximum absolute atomic E-state index is 14.1. The Morgan fingerprint density at radius 1 is 1.36 bits per heavy atom. The van der Waals surface area contributed by atoms with Crippen molar-refractivity contribution in [3.63, 3.8) is 0 Å². The lowest BCUT2D eigenvalue weighted by molar-refractivity contribution is 0.0142. The number of halogens is 2. The predicted molar refractivity (Wildman–Crippen MR) is 88.1 cm³/mol. The Hall–Kier alpha value is -1.10. The zero-order valence-electron chi connectivity index (χ0n) is 13.4. The molecule has 1 saturated carbocycles. The lowest BCUT2D eigenvalue weighted by Gasteiger charge is -2.32. The molecule has 1 aromatic rings. The van der Waals surface area contributed by atoms with Crippen molar-refractivity contribution < 1.29 is 13.9 Å². The molecule has 0 aliphatic heterocycles. The van der Waals surface area contributed by atoms with Crippen molar-refractivity contribution in [2.75, 3.05) is 0 Å². The fourth-order valence-corrected chi connectivity index (χ4v) is 3.20. The number of nitrogens with zero attached hydrogens (tertiary/aromatic N) is 1. The van der Waals surface area contributed by atoms with Crippen LogP contribution in [0.25, 0.3) is 0 Å². The summed E-state index contributed by atoms with van der Waals surface area (Å²) in [4.78, 5) is 14.2. The highest BCUT2D eigenvalue weighted by atomic mass is 79.9. The number of hydrogen-bond donors (Lipinski definition) is 0. The monoisotopic (exact) mass is 371 g/mol. The molecule has 0 saturated heterocycles. The van der Waals surface area contributed by atoms with Gasteiger partial charge in [-0.1, -0.05) is 34.8 Å². The van der Waals surface area contributed by atoms with Gasteiger partial charge < -0.3 is 9.64 Å². The van der Waals surface area contributed by atoms with E-state index in [1.54, 1.807) is 17.0 Å². The van der Waals surface area contributed by atoms with Crippen molar-refractivity contribution in [1.82, 2.24) is 4.90 Å². The third-order valence-corrected chi connectivity index (χ3v) is 4.53. The predicted octanol–water partition coefficient (Wildman–Crippen LogP) is 5.27. The summed E-state index contributed by atoms with van der Waals surface area (Å²) >= 11 is 3.38. The van der Waals surface area contributed by atoms with E-state index in [2.05, 4.69) is 15.9 Å². The van der Waals surface area contributed by atoms with Crippen LogP contribution in [0, 0.1) is 5.82 Å². The minimum Gasteiger partial charge on any atom is -0.444 e. The number of hydrogen-bond acceptors (Lipinski definition) is 2. The highest BCUT2D eigenvalue weighted by Crippen LogP contribution is 2.29. The van der Waals surface area contributed by atoms with Crippen LogP contribution >= 0.6 is 15.9 Å². The number of amides is 1. The number of carbonyl (C=O) groups is 1. The Kier molecular flexibility index (Phi) is 5.48. The SMILES string of the molecule is CC(C)(C)OC(=O)N(Cc1c(F)cccc1Br)C1CCCC1. The lowest BCUT2D eigenvalue weighted by atomic mass is 10.1. The molecular formula is C17H23BrFNO2. The van der Waals surface area contributed by atoms with Crippen molar-refractivity contribution in [2.24, 2.45) is 0 Å². The van der Waals surface area contributed by atoms with E-state index >= 15 is 0 Å². The molecule has 1 amide bonds. The first-order chi connectivity index (χ1) is 10.3. The van der Waals surface area contributed by atoms with Crippen LogP contribution in [0.2, 0.25) is 0 Å². The fourth-order valence-electron chi connectivity index (χ4n) is 2.73. The van der Waals surface area contributed by atoms with E-state index in [0.717, 1.165) is 25.7 Å². The summed E-state index contributed by atoms with van der Waals surface area (Å²) in [6.45, 7) is 5.76. The molecule has 122 valence electrons. The standard InChI is InChI=1S/C17H23BrFNO2/c1-17(2,3)22-16(21)20(12-7-4-5-8-12)11-13-14(18)9-6-10-15(13)19/h6,9-10,12H,4-5,7-8,11H2,1-3H3. The Morgan fingerprint density at radius 3 is 2.55 bits per heavy atom. The van der Waals surface area contributed by atoms with Gasteiger partial charge in [-0.05, 0) is 45.7 Å². The molecule has 0 radical (unpaired) electrons. The van der Waals surface area contributed by atoms with E-state index in [1.807, 2.05) is 20.8 Å². The molecule has 0 bridgehead atoms. The summed E-state index contributed by atoms with van der Waals surface area (Å²) in [6.07, 6.45) is 3.73. The summed E-state index contributed by atoms with van der Waals surface area (Å²) in [5.41, 5.74) is -0.0549. The molecule has 1 aliphatic carbocycles. The van der Waals surface area contributed by atoms with Gasteiger partial charge in [-0.25, -0.2) is 9.18 Å². The number of ether oxygens (including phenoxy) is 1. The van der Waals surface area contributed by atoms with E-state index in [1.165, 1.54) is 6.07 Å². The Morgan fingerprint density at radius 2 is 2.00 bits per heavy atom. The Balaban J connectivity index is 2.23. The average molecular weight is 372 g/mol. The normalized spacial score (nSPS) is 15.9. The van der Waals surface area contributed by atoms with E-state index in [4.69, 9.17) is 4.74 Å². The van der Waals surface area contributed by atoms with Crippen molar-refractivity contribution in [2.45, 2.75) is 64.6 Å². The van der Waals surface area contributed by atoms with Gasteiger partial charge >= 0.3 is 6.09 Å². The molecule has 3 nitrogen and oxygen atoms in total. The van der Waals surface area contributed by atoms with E-state index in [0.29, 0.717) is 10.0 Å². The highest BCUT2D eigenvalue weighted by molar-refractivity contribution is 9.10. The van der Waals surface area contributed by atoms with Crippen molar-refractivity contribution in [3.05, 3.63) is 34.1 Å². The fraction of sp³-hybridized carbons (Fsp3) is 0.588. The van der Waals surface area contributed by atoms with Crippen LogP contribution in [-0.4, -0.2) is 22.6 Å². The van der Waals surface area contributed by atoms with Crippen LogP contribution in [0.15, 0.2) is 22.7 Å².